The molecule has 17 heavy (non-hydrogen) atoms. The van der Waals surface area contributed by atoms with Crippen LogP contribution in [0, 0.1) is 0 Å². The van der Waals surface area contributed by atoms with Gasteiger partial charge >= 0.3 is 0 Å². The number of tetrazole rings is 1. The minimum absolute atomic E-state index is 0.194. The first-order chi connectivity index (χ1) is 8.31. The Morgan fingerprint density at radius 2 is 2.24 bits per heavy atom. The molecule has 90 valence electrons. The summed E-state index contributed by atoms with van der Waals surface area (Å²) in [5.74, 6) is 0.194. The van der Waals surface area contributed by atoms with Gasteiger partial charge in [0.25, 0.3) is 0 Å². The lowest BCUT2D eigenvalue weighted by Gasteiger charge is -2.13. The van der Waals surface area contributed by atoms with E-state index in [0.29, 0.717) is 6.54 Å². The molecular weight excluding hydrogens is 242 g/mol. The Morgan fingerprint density at radius 1 is 1.41 bits per heavy atom. The number of nitrogens with zero attached hydrogens (tertiary/aromatic N) is 4. The van der Waals surface area contributed by atoms with E-state index in [-0.39, 0.29) is 5.88 Å². The molecular formula is C10H12ClN5O. The molecule has 0 amide bonds. The molecule has 2 N–H and O–H groups in total. The number of hydrogen-bond acceptors (Lipinski definition) is 5. The SMILES string of the molecule is OC(CCl)CNc1ccccc1-n1cnnn1. The second-order valence-corrected chi connectivity index (χ2v) is 3.77. The highest BCUT2D eigenvalue weighted by molar-refractivity contribution is 6.18. The number of nitrogens with one attached hydrogen (secondary N) is 1. The maximum absolute atomic E-state index is 9.40. The summed E-state index contributed by atoms with van der Waals surface area (Å²) in [4.78, 5) is 0. The zero-order valence-corrected chi connectivity index (χ0v) is 9.75. The van der Waals surface area contributed by atoms with Gasteiger partial charge < -0.3 is 10.4 Å². The molecule has 1 unspecified atom stereocenters. The molecule has 1 aromatic carbocycles. The normalized spacial score (nSPS) is 12.4. The van der Waals surface area contributed by atoms with E-state index in [1.54, 1.807) is 4.68 Å². The van der Waals surface area contributed by atoms with Crippen LogP contribution >= 0.6 is 11.6 Å². The van der Waals surface area contributed by atoms with Crippen molar-refractivity contribution in [2.45, 2.75) is 6.10 Å². The highest BCUT2D eigenvalue weighted by atomic mass is 35.5. The van der Waals surface area contributed by atoms with E-state index < -0.39 is 6.10 Å². The molecule has 0 spiro atoms. The third-order valence-electron chi connectivity index (χ3n) is 2.21. The van der Waals surface area contributed by atoms with Gasteiger partial charge in [-0.2, -0.15) is 4.68 Å². The van der Waals surface area contributed by atoms with Gasteiger partial charge in [-0.3, -0.25) is 0 Å². The molecule has 2 rings (SSSR count). The fraction of sp³-hybridized carbons (Fsp3) is 0.300. The van der Waals surface area contributed by atoms with Crippen molar-refractivity contribution in [3.05, 3.63) is 30.6 Å². The number of rotatable bonds is 5. The van der Waals surface area contributed by atoms with E-state index in [0.717, 1.165) is 11.4 Å². The standard InChI is InChI=1S/C10H12ClN5O/c11-5-8(17)6-12-9-3-1-2-4-10(9)16-7-13-14-15-16/h1-4,7-8,12,17H,5-6H2. The fourth-order valence-electron chi connectivity index (χ4n) is 1.38. The zero-order valence-electron chi connectivity index (χ0n) is 8.99. The fourth-order valence-corrected chi connectivity index (χ4v) is 1.49. The Balaban J connectivity index is 2.17. The van der Waals surface area contributed by atoms with E-state index >= 15 is 0 Å². The molecule has 0 saturated carbocycles. The summed E-state index contributed by atoms with van der Waals surface area (Å²) in [6, 6.07) is 7.55. The number of halogens is 1. The first-order valence-electron chi connectivity index (χ1n) is 5.11. The predicted octanol–water partition coefficient (Wildman–Crippen LogP) is 0.674. The maximum atomic E-state index is 9.40. The number of benzene rings is 1. The summed E-state index contributed by atoms with van der Waals surface area (Å²) in [6.07, 6.45) is 0.928. The first kappa shape index (κ1) is 11.8. The van der Waals surface area contributed by atoms with Crippen molar-refractivity contribution in [1.29, 1.82) is 0 Å². The highest BCUT2D eigenvalue weighted by Crippen LogP contribution is 2.18. The van der Waals surface area contributed by atoms with Crippen LogP contribution in [0.3, 0.4) is 0 Å². The van der Waals surface area contributed by atoms with Crippen molar-refractivity contribution >= 4 is 17.3 Å². The van der Waals surface area contributed by atoms with Crippen molar-refractivity contribution in [2.24, 2.45) is 0 Å². The quantitative estimate of drug-likeness (QED) is 0.766. The number of hydrogen-bond donors (Lipinski definition) is 2. The summed E-state index contributed by atoms with van der Waals surface area (Å²) in [6.45, 7) is 0.378. The molecule has 6 nitrogen and oxygen atoms in total. The number of aliphatic hydroxyl groups is 1. The van der Waals surface area contributed by atoms with Crippen LogP contribution in [0.4, 0.5) is 5.69 Å². The summed E-state index contributed by atoms with van der Waals surface area (Å²) >= 11 is 5.53. The summed E-state index contributed by atoms with van der Waals surface area (Å²) in [5, 5.41) is 23.5. The topological polar surface area (TPSA) is 75.9 Å². The zero-order chi connectivity index (χ0) is 12.1. The average molecular weight is 254 g/mol. The van der Waals surface area contributed by atoms with E-state index in [9.17, 15) is 5.11 Å². The molecule has 0 saturated heterocycles. The van der Waals surface area contributed by atoms with Crippen LogP contribution in [0.1, 0.15) is 0 Å². The van der Waals surface area contributed by atoms with Crippen LogP contribution < -0.4 is 5.32 Å². The largest absolute Gasteiger partial charge is 0.390 e. The van der Waals surface area contributed by atoms with Crippen LogP contribution in [0.5, 0.6) is 0 Å². The minimum Gasteiger partial charge on any atom is -0.390 e. The Hall–Kier alpha value is -1.66. The van der Waals surface area contributed by atoms with Crippen LogP contribution in [0.15, 0.2) is 30.6 Å². The van der Waals surface area contributed by atoms with E-state index in [4.69, 9.17) is 11.6 Å². The number of anilines is 1. The van der Waals surface area contributed by atoms with Gasteiger partial charge in [-0.15, -0.1) is 16.7 Å². The van der Waals surface area contributed by atoms with Crippen LogP contribution in [-0.2, 0) is 0 Å². The molecule has 2 aromatic rings. The minimum atomic E-state index is -0.585. The second-order valence-electron chi connectivity index (χ2n) is 3.46. The number of para-hydroxylation sites is 2. The number of aliphatic hydroxyl groups excluding tert-OH is 1. The number of alkyl halides is 1. The van der Waals surface area contributed by atoms with Crippen LogP contribution in [-0.4, -0.2) is 43.8 Å². The second kappa shape index (κ2) is 5.60. The van der Waals surface area contributed by atoms with Gasteiger partial charge in [0.15, 0.2) is 0 Å². The Morgan fingerprint density at radius 3 is 2.94 bits per heavy atom. The Bertz CT molecular complexity index is 461. The smallest absolute Gasteiger partial charge is 0.143 e. The van der Waals surface area contributed by atoms with Gasteiger partial charge in [-0.05, 0) is 22.6 Å². The van der Waals surface area contributed by atoms with Crippen LogP contribution in [0.2, 0.25) is 0 Å². The van der Waals surface area contributed by atoms with E-state index in [1.165, 1.54) is 6.33 Å². The molecule has 0 bridgehead atoms. The van der Waals surface area contributed by atoms with Gasteiger partial charge in [-0.25, -0.2) is 0 Å². The molecule has 1 heterocycles. The van der Waals surface area contributed by atoms with Crippen molar-refractivity contribution in [2.75, 3.05) is 17.7 Å². The molecule has 1 aromatic heterocycles. The first-order valence-corrected chi connectivity index (χ1v) is 5.65. The van der Waals surface area contributed by atoms with Gasteiger partial charge in [0.2, 0.25) is 0 Å². The third kappa shape index (κ3) is 2.92. The molecule has 7 heteroatoms. The summed E-state index contributed by atoms with van der Waals surface area (Å²) in [5.41, 5.74) is 1.66. The highest BCUT2D eigenvalue weighted by Gasteiger charge is 2.07. The monoisotopic (exact) mass is 253 g/mol. The summed E-state index contributed by atoms with van der Waals surface area (Å²) in [7, 11) is 0. The molecule has 0 aliphatic rings. The van der Waals surface area contributed by atoms with Gasteiger partial charge in [0, 0.05) is 6.54 Å². The molecule has 1 atom stereocenters. The molecule has 0 aliphatic heterocycles. The van der Waals surface area contributed by atoms with Gasteiger partial charge in [0.1, 0.15) is 6.33 Å². The number of aromatic nitrogens is 4. The Labute approximate surface area is 103 Å². The van der Waals surface area contributed by atoms with E-state index in [1.807, 2.05) is 24.3 Å². The Kier molecular flexibility index (Phi) is 3.89. The van der Waals surface area contributed by atoms with Crippen molar-refractivity contribution in [3.8, 4) is 5.69 Å². The third-order valence-corrected chi connectivity index (χ3v) is 2.56. The molecule has 0 aliphatic carbocycles. The maximum Gasteiger partial charge on any atom is 0.143 e. The van der Waals surface area contributed by atoms with Gasteiger partial charge in [0.05, 0.1) is 23.4 Å². The van der Waals surface area contributed by atoms with Crippen LogP contribution in [0.25, 0.3) is 5.69 Å². The van der Waals surface area contributed by atoms with E-state index in [2.05, 4.69) is 20.8 Å². The lowest BCUT2D eigenvalue weighted by molar-refractivity contribution is 0.211. The summed E-state index contributed by atoms with van der Waals surface area (Å²) < 4.78 is 1.55. The lowest BCUT2D eigenvalue weighted by atomic mass is 10.2. The van der Waals surface area contributed by atoms with Crippen molar-refractivity contribution in [1.82, 2.24) is 20.2 Å². The van der Waals surface area contributed by atoms with Crippen molar-refractivity contribution in [3.63, 3.8) is 0 Å². The molecule has 0 fully saturated rings. The average Bonchev–Trinajstić information content (AvgIpc) is 2.90. The van der Waals surface area contributed by atoms with Crippen molar-refractivity contribution < 1.29 is 5.11 Å². The van der Waals surface area contributed by atoms with Gasteiger partial charge in [-0.1, -0.05) is 12.1 Å². The lowest BCUT2D eigenvalue weighted by Crippen LogP contribution is -2.21. The molecule has 0 radical (unpaired) electrons. The predicted molar refractivity (Wildman–Crippen MR) is 64.4 cm³/mol.